The zero-order chi connectivity index (χ0) is 11.4. The molecule has 0 radical (unpaired) electrons. The summed E-state index contributed by atoms with van der Waals surface area (Å²) in [5.41, 5.74) is 6.55. The van der Waals surface area contributed by atoms with Gasteiger partial charge in [-0.25, -0.2) is 4.98 Å². The van der Waals surface area contributed by atoms with Crippen molar-refractivity contribution in [2.24, 2.45) is 5.73 Å². The van der Waals surface area contributed by atoms with Crippen molar-refractivity contribution < 1.29 is 4.74 Å². The van der Waals surface area contributed by atoms with E-state index in [1.54, 1.807) is 6.20 Å². The van der Waals surface area contributed by atoms with Crippen molar-refractivity contribution in [2.45, 2.75) is 6.54 Å². The number of hydrogen-bond acceptors (Lipinski definition) is 3. The van der Waals surface area contributed by atoms with Crippen molar-refractivity contribution in [1.82, 2.24) is 4.98 Å². The summed E-state index contributed by atoms with van der Waals surface area (Å²) in [4.78, 5) is 4.13. The molecule has 0 aliphatic carbocycles. The number of rotatable bonds is 3. The second kappa shape index (κ2) is 5.09. The van der Waals surface area contributed by atoms with Crippen LogP contribution < -0.4 is 10.5 Å². The molecule has 0 aliphatic heterocycles. The standard InChI is InChI=1S/C12H11BrN2O/c13-10-3-1-2-4-11(10)16-12-7-9(8-14)5-6-15-12/h1-7H,8,14H2. The highest BCUT2D eigenvalue weighted by atomic mass is 79.9. The number of nitrogens with zero attached hydrogens (tertiary/aromatic N) is 1. The van der Waals surface area contributed by atoms with Crippen LogP contribution in [0.3, 0.4) is 0 Å². The first kappa shape index (κ1) is 11.1. The number of aromatic nitrogens is 1. The van der Waals surface area contributed by atoms with E-state index < -0.39 is 0 Å². The number of pyridine rings is 1. The van der Waals surface area contributed by atoms with E-state index in [1.165, 1.54) is 0 Å². The van der Waals surface area contributed by atoms with Crippen LogP contribution in [0.15, 0.2) is 47.1 Å². The second-order valence-electron chi connectivity index (χ2n) is 3.24. The highest BCUT2D eigenvalue weighted by molar-refractivity contribution is 9.10. The highest BCUT2D eigenvalue weighted by Gasteiger charge is 2.02. The predicted molar refractivity (Wildman–Crippen MR) is 66.3 cm³/mol. The molecule has 1 aromatic carbocycles. The summed E-state index contributed by atoms with van der Waals surface area (Å²) < 4.78 is 6.54. The fourth-order valence-electron chi connectivity index (χ4n) is 1.27. The molecule has 3 nitrogen and oxygen atoms in total. The monoisotopic (exact) mass is 278 g/mol. The van der Waals surface area contributed by atoms with Crippen molar-refractivity contribution in [3.63, 3.8) is 0 Å². The molecule has 2 aromatic rings. The summed E-state index contributed by atoms with van der Waals surface area (Å²) in [5.74, 6) is 1.29. The van der Waals surface area contributed by atoms with Crippen molar-refractivity contribution in [2.75, 3.05) is 0 Å². The molecule has 0 fully saturated rings. The zero-order valence-corrected chi connectivity index (χ0v) is 10.1. The Kier molecular flexibility index (Phi) is 3.54. The molecule has 0 amide bonds. The minimum Gasteiger partial charge on any atom is -0.438 e. The lowest BCUT2D eigenvalue weighted by Gasteiger charge is -2.07. The molecule has 0 bridgehead atoms. The van der Waals surface area contributed by atoms with Crippen LogP contribution in [0.25, 0.3) is 0 Å². The molecule has 0 spiro atoms. The van der Waals surface area contributed by atoms with Gasteiger partial charge in [0.2, 0.25) is 5.88 Å². The fraction of sp³-hybridized carbons (Fsp3) is 0.0833. The second-order valence-corrected chi connectivity index (χ2v) is 4.09. The van der Waals surface area contributed by atoms with Gasteiger partial charge in [-0.3, -0.25) is 0 Å². The van der Waals surface area contributed by atoms with Gasteiger partial charge in [-0.05, 0) is 39.7 Å². The Morgan fingerprint density at radius 2 is 2.06 bits per heavy atom. The average Bonchev–Trinajstić information content (AvgIpc) is 2.32. The van der Waals surface area contributed by atoms with Gasteiger partial charge in [-0.1, -0.05) is 12.1 Å². The normalized spacial score (nSPS) is 10.1. The molecular formula is C12H11BrN2O. The molecule has 0 unspecified atom stereocenters. The lowest BCUT2D eigenvalue weighted by atomic mass is 10.3. The lowest BCUT2D eigenvalue weighted by molar-refractivity contribution is 0.459. The predicted octanol–water partition coefficient (Wildman–Crippen LogP) is 3.10. The van der Waals surface area contributed by atoms with E-state index in [0.717, 1.165) is 15.8 Å². The highest BCUT2D eigenvalue weighted by Crippen LogP contribution is 2.28. The molecule has 4 heteroatoms. The van der Waals surface area contributed by atoms with E-state index in [4.69, 9.17) is 10.5 Å². The maximum atomic E-state index is 5.64. The molecule has 0 atom stereocenters. The fourth-order valence-corrected chi connectivity index (χ4v) is 1.64. The molecule has 0 aliphatic rings. The van der Waals surface area contributed by atoms with E-state index in [2.05, 4.69) is 20.9 Å². The van der Waals surface area contributed by atoms with Crippen LogP contribution in [0.1, 0.15) is 5.56 Å². The summed E-state index contributed by atoms with van der Waals surface area (Å²) in [6.45, 7) is 0.481. The summed E-state index contributed by atoms with van der Waals surface area (Å²) in [5, 5.41) is 0. The van der Waals surface area contributed by atoms with Crippen molar-refractivity contribution in [3.8, 4) is 11.6 Å². The third kappa shape index (κ3) is 2.59. The van der Waals surface area contributed by atoms with Gasteiger partial charge in [0.05, 0.1) is 4.47 Å². The molecular weight excluding hydrogens is 268 g/mol. The lowest BCUT2D eigenvalue weighted by Crippen LogP contribution is -1.97. The summed E-state index contributed by atoms with van der Waals surface area (Å²) in [6, 6.07) is 11.3. The Morgan fingerprint density at radius 3 is 2.81 bits per heavy atom. The largest absolute Gasteiger partial charge is 0.438 e. The van der Waals surface area contributed by atoms with Crippen LogP contribution >= 0.6 is 15.9 Å². The van der Waals surface area contributed by atoms with E-state index in [1.807, 2.05) is 36.4 Å². The van der Waals surface area contributed by atoms with E-state index in [-0.39, 0.29) is 0 Å². The summed E-state index contributed by atoms with van der Waals surface area (Å²) in [7, 11) is 0. The van der Waals surface area contributed by atoms with Gasteiger partial charge in [0.15, 0.2) is 0 Å². The Labute approximate surface area is 102 Å². The van der Waals surface area contributed by atoms with Crippen LogP contribution in [-0.2, 0) is 6.54 Å². The SMILES string of the molecule is NCc1ccnc(Oc2ccccc2Br)c1. The number of nitrogens with two attached hydrogens (primary N) is 1. The third-order valence-corrected chi connectivity index (χ3v) is 2.74. The Balaban J connectivity index is 2.24. The van der Waals surface area contributed by atoms with E-state index in [0.29, 0.717) is 12.4 Å². The molecule has 0 saturated carbocycles. The molecule has 16 heavy (non-hydrogen) atoms. The smallest absolute Gasteiger partial charge is 0.219 e. The minimum absolute atomic E-state index is 0.481. The summed E-state index contributed by atoms with van der Waals surface area (Å²) in [6.07, 6.45) is 1.69. The maximum Gasteiger partial charge on any atom is 0.219 e. The van der Waals surface area contributed by atoms with E-state index >= 15 is 0 Å². The summed E-state index contributed by atoms with van der Waals surface area (Å²) >= 11 is 3.41. The molecule has 0 saturated heterocycles. The van der Waals surface area contributed by atoms with Gasteiger partial charge in [0.25, 0.3) is 0 Å². The Morgan fingerprint density at radius 1 is 1.25 bits per heavy atom. The topological polar surface area (TPSA) is 48.1 Å². The van der Waals surface area contributed by atoms with Crippen LogP contribution in [0.2, 0.25) is 0 Å². The first-order chi connectivity index (χ1) is 7.79. The number of halogens is 1. The molecule has 2 rings (SSSR count). The maximum absolute atomic E-state index is 5.64. The minimum atomic E-state index is 0.481. The quantitative estimate of drug-likeness (QED) is 0.939. The van der Waals surface area contributed by atoms with Crippen LogP contribution in [0.5, 0.6) is 11.6 Å². The third-order valence-electron chi connectivity index (χ3n) is 2.09. The number of benzene rings is 1. The van der Waals surface area contributed by atoms with Crippen LogP contribution in [-0.4, -0.2) is 4.98 Å². The van der Waals surface area contributed by atoms with Crippen LogP contribution in [0, 0.1) is 0 Å². The molecule has 1 heterocycles. The molecule has 1 aromatic heterocycles. The number of hydrogen-bond donors (Lipinski definition) is 1. The average molecular weight is 279 g/mol. The zero-order valence-electron chi connectivity index (χ0n) is 8.56. The van der Waals surface area contributed by atoms with Gasteiger partial charge in [0.1, 0.15) is 5.75 Å². The number of ether oxygens (including phenoxy) is 1. The van der Waals surface area contributed by atoms with E-state index in [9.17, 15) is 0 Å². The van der Waals surface area contributed by atoms with Gasteiger partial charge < -0.3 is 10.5 Å². The van der Waals surface area contributed by atoms with Gasteiger partial charge in [-0.2, -0.15) is 0 Å². The van der Waals surface area contributed by atoms with Crippen molar-refractivity contribution in [3.05, 3.63) is 52.6 Å². The Hall–Kier alpha value is -1.39. The molecule has 82 valence electrons. The molecule has 2 N–H and O–H groups in total. The van der Waals surface area contributed by atoms with Gasteiger partial charge in [0, 0.05) is 18.8 Å². The number of para-hydroxylation sites is 1. The van der Waals surface area contributed by atoms with Crippen LogP contribution in [0.4, 0.5) is 0 Å². The van der Waals surface area contributed by atoms with Crippen molar-refractivity contribution in [1.29, 1.82) is 0 Å². The van der Waals surface area contributed by atoms with Gasteiger partial charge >= 0.3 is 0 Å². The van der Waals surface area contributed by atoms with Crippen molar-refractivity contribution >= 4 is 15.9 Å². The first-order valence-electron chi connectivity index (χ1n) is 4.87. The Bertz CT molecular complexity index is 488. The first-order valence-corrected chi connectivity index (χ1v) is 5.66. The van der Waals surface area contributed by atoms with Gasteiger partial charge in [-0.15, -0.1) is 0 Å².